The predicted octanol–water partition coefficient (Wildman–Crippen LogP) is 2.91. The Morgan fingerprint density at radius 2 is 1.91 bits per heavy atom. The van der Waals surface area contributed by atoms with E-state index in [9.17, 15) is 22.8 Å². The zero-order chi connectivity index (χ0) is 16.9. The number of rotatable bonds is 2. The Labute approximate surface area is 130 Å². The van der Waals surface area contributed by atoms with E-state index < -0.39 is 53.8 Å². The standard InChI is InChI=1S/C13H17ClF3NO4/c1-11(2,3)22-10(20)18-5-12(13(15,16)17)4-7(12)8(18)9(19)21-6-14/h7-8H,4-6H2,1-3H3. The van der Waals surface area contributed by atoms with E-state index in [1.54, 1.807) is 20.8 Å². The zero-order valence-electron chi connectivity index (χ0n) is 12.4. The van der Waals surface area contributed by atoms with Gasteiger partial charge in [0.1, 0.15) is 11.6 Å². The van der Waals surface area contributed by atoms with Crippen LogP contribution in [0.15, 0.2) is 0 Å². The van der Waals surface area contributed by atoms with Crippen LogP contribution in [0.25, 0.3) is 0 Å². The van der Waals surface area contributed by atoms with E-state index in [0.29, 0.717) is 0 Å². The minimum Gasteiger partial charge on any atom is -0.448 e. The average molecular weight is 344 g/mol. The number of halogens is 4. The van der Waals surface area contributed by atoms with Crippen LogP contribution in [-0.2, 0) is 14.3 Å². The Bertz CT molecular complexity index is 491. The highest BCUT2D eigenvalue weighted by Gasteiger charge is 2.79. The molecule has 3 unspecified atom stereocenters. The van der Waals surface area contributed by atoms with Crippen LogP contribution < -0.4 is 0 Å². The van der Waals surface area contributed by atoms with Gasteiger partial charge in [-0.3, -0.25) is 4.90 Å². The topological polar surface area (TPSA) is 55.8 Å². The summed E-state index contributed by atoms with van der Waals surface area (Å²) in [4.78, 5) is 24.8. The van der Waals surface area contributed by atoms with E-state index in [4.69, 9.17) is 16.3 Å². The van der Waals surface area contributed by atoms with Crippen LogP contribution in [0.5, 0.6) is 0 Å². The summed E-state index contributed by atoms with van der Waals surface area (Å²) in [6.07, 6.45) is -5.65. The Morgan fingerprint density at radius 1 is 1.32 bits per heavy atom. The number of hydrogen-bond donors (Lipinski definition) is 0. The van der Waals surface area contributed by atoms with Gasteiger partial charge in [0.2, 0.25) is 0 Å². The number of amides is 1. The van der Waals surface area contributed by atoms with Gasteiger partial charge in [-0.15, -0.1) is 0 Å². The first-order valence-electron chi connectivity index (χ1n) is 6.72. The number of carbonyl (C=O) groups excluding carboxylic acids is 2. The van der Waals surface area contributed by atoms with Crippen LogP contribution in [0.2, 0.25) is 0 Å². The Kier molecular flexibility index (Phi) is 4.04. The number of esters is 1. The molecule has 0 aromatic heterocycles. The van der Waals surface area contributed by atoms with Crippen molar-refractivity contribution in [1.82, 2.24) is 4.90 Å². The zero-order valence-corrected chi connectivity index (χ0v) is 13.1. The second-order valence-corrected chi connectivity index (χ2v) is 6.81. The normalized spacial score (nSPS) is 30.8. The second-order valence-electron chi connectivity index (χ2n) is 6.59. The molecule has 2 fully saturated rings. The van der Waals surface area contributed by atoms with Crippen molar-refractivity contribution in [3.05, 3.63) is 0 Å². The van der Waals surface area contributed by atoms with Crippen molar-refractivity contribution in [2.24, 2.45) is 11.3 Å². The third-order valence-corrected chi connectivity index (χ3v) is 4.04. The highest BCUT2D eigenvalue weighted by Crippen LogP contribution is 2.68. The fourth-order valence-electron chi connectivity index (χ4n) is 2.89. The van der Waals surface area contributed by atoms with Crippen molar-refractivity contribution in [3.63, 3.8) is 0 Å². The minimum atomic E-state index is -4.49. The molecule has 1 aliphatic heterocycles. The summed E-state index contributed by atoms with van der Waals surface area (Å²) in [5.41, 5.74) is -2.92. The van der Waals surface area contributed by atoms with Gasteiger partial charge in [-0.25, -0.2) is 9.59 Å². The summed E-state index contributed by atoms with van der Waals surface area (Å²) in [5, 5.41) is 0. The summed E-state index contributed by atoms with van der Waals surface area (Å²) in [6, 6.07) is -1.79. The molecule has 0 bridgehead atoms. The Hall–Kier alpha value is -1.18. The number of alkyl halides is 4. The lowest BCUT2D eigenvalue weighted by Gasteiger charge is -2.29. The Morgan fingerprint density at radius 3 is 2.36 bits per heavy atom. The van der Waals surface area contributed by atoms with Crippen LogP contribution >= 0.6 is 11.6 Å². The molecule has 1 saturated carbocycles. The van der Waals surface area contributed by atoms with Crippen LogP contribution in [-0.4, -0.2) is 47.4 Å². The van der Waals surface area contributed by atoms with Crippen molar-refractivity contribution in [3.8, 4) is 0 Å². The van der Waals surface area contributed by atoms with Gasteiger partial charge in [-0.05, 0) is 27.2 Å². The lowest BCUT2D eigenvalue weighted by Crippen LogP contribution is -2.47. The van der Waals surface area contributed by atoms with Gasteiger partial charge in [-0.2, -0.15) is 13.2 Å². The van der Waals surface area contributed by atoms with Gasteiger partial charge in [0, 0.05) is 12.5 Å². The van der Waals surface area contributed by atoms with Crippen molar-refractivity contribution >= 4 is 23.7 Å². The van der Waals surface area contributed by atoms with Gasteiger partial charge in [0.05, 0.1) is 5.41 Å². The number of ether oxygens (including phenoxy) is 2. The molecule has 0 aromatic rings. The summed E-state index contributed by atoms with van der Waals surface area (Å²) in [7, 11) is 0. The monoisotopic (exact) mass is 343 g/mol. The molecule has 9 heteroatoms. The number of likely N-dealkylation sites (tertiary alicyclic amines) is 1. The van der Waals surface area contributed by atoms with Gasteiger partial charge in [0.25, 0.3) is 0 Å². The number of fused-ring (bicyclic) bond motifs is 1. The Balaban J connectivity index is 2.24. The third kappa shape index (κ3) is 2.85. The molecule has 0 N–H and O–H groups in total. The molecular weight excluding hydrogens is 327 g/mol. The van der Waals surface area contributed by atoms with Gasteiger partial charge in [0.15, 0.2) is 6.07 Å². The molecule has 22 heavy (non-hydrogen) atoms. The van der Waals surface area contributed by atoms with Gasteiger partial charge < -0.3 is 9.47 Å². The van der Waals surface area contributed by atoms with Gasteiger partial charge >= 0.3 is 18.2 Å². The van der Waals surface area contributed by atoms with E-state index in [1.165, 1.54) is 0 Å². The molecule has 3 atom stereocenters. The largest absolute Gasteiger partial charge is 0.448 e. The van der Waals surface area contributed by atoms with Crippen molar-refractivity contribution in [1.29, 1.82) is 0 Å². The molecule has 1 aliphatic carbocycles. The first-order valence-corrected chi connectivity index (χ1v) is 7.25. The molecule has 1 heterocycles. The fourth-order valence-corrected chi connectivity index (χ4v) is 3.00. The van der Waals surface area contributed by atoms with E-state index >= 15 is 0 Å². The average Bonchev–Trinajstić information content (AvgIpc) is 2.94. The fraction of sp³-hybridized carbons (Fsp3) is 0.846. The molecule has 0 radical (unpaired) electrons. The molecule has 5 nitrogen and oxygen atoms in total. The van der Waals surface area contributed by atoms with E-state index in [0.717, 1.165) is 4.90 Å². The lowest BCUT2D eigenvalue weighted by molar-refractivity contribution is -0.187. The van der Waals surface area contributed by atoms with Crippen molar-refractivity contribution in [2.45, 2.75) is 45.0 Å². The highest BCUT2D eigenvalue weighted by molar-refractivity contribution is 6.17. The highest BCUT2D eigenvalue weighted by atomic mass is 35.5. The van der Waals surface area contributed by atoms with Crippen LogP contribution in [0.3, 0.4) is 0 Å². The van der Waals surface area contributed by atoms with E-state index in [2.05, 4.69) is 4.74 Å². The quantitative estimate of drug-likeness (QED) is 0.571. The maximum absolute atomic E-state index is 13.2. The number of piperidine rings is 1. The molecule has 2 aliphatic rings. The lowest BCUT2D eigenvalue weighted by atomic mass is 10.0. The molecule has 126 valence electrons. The maximum Gasteiger partial charge on any atom is 0.411 e. The van der Waals surface area contributed by atoms with E-state index in [1.807, 2.05) is 0 Å². The van der Waals surface area contributed by atoms with Gasteiger partial charge in [-0.1, -0.05) is 11.6 Å². The molecule has 2 rings (SSSR count). The summed E-state index contributed by atoms with van der Waals surface area (Å²) >= 11 is 5.29. The molecule has 0 spiro atoms. The number of hydrogen-bond acceptors (Lipinski definition) is 4. The molecule has 1 saturated heterocycles. The molecule has 1 amide bonds. The molecular formula is C13H17ClF3NO4. The second kappa shape index (κ2) is 5.18. The smallest absolute Gasteiger partial charge is 0.411 e. The third-order valence-electron chi connectivity index (χ3n) is 3.93. The van der Waals surface area contributed by atoms with Crippen LogP contribution in [0.1, 0.15) is 27.2 Å². The first-order chi connectivity index (χ1) is 9.93. The minimum absolute atomic E-state index is 0.197. The maximum atomic E-state index is 13.2. The summed E-state index contributed by atoms with van der Waals surface area (Å²) in [6.45, 7) is 4.17. The predicted molar refractivity (Wildman–Crippen MR) is 70.1 cm³/mol. The first kappa shape index (κ1) is 17.2. The van der Waals surface area contributed by atoms with Crippen molar-refractivity contribution in [2.75, 3.05) is 12.6 Å². The van der Waals surface area contributed by atoms with Crippen molar-refractivity contribution < 1.29 is 32.2 Å². The van der Waals surface area contributed by atoms with Crippen LogP contribution in [0, 0.1) is 11.3 Å². The SMILES string of the molecule is CC(C)(C)OC(=O)N1CC2(C(F)(F)F)CC2C1C(=O)OCCl. The van der Waals surface area contributed by atoms with Crippen LogP contribution in [0.4, 0.5) is 18.0 Å². The molecule has 0 aromatic carbocycles. The number of nitrogens with zero attached hydrogens (tertiary/aromatic N) is 1. The summed E-state index contributed by atoms with van der Waals surface area (Å²) in [5.74, 6) is -1.94. The van der Waals surface area contributed by atoms with E-state index in [-0.39, 0.29) is 6.42 Å². The summed E-state index contributed by atoms with van der Waals surface area (Å²) < 4.78 is 49.4. The number of carbonyl (C=O) groups is 2.